The molecule has 0 bridgehead atoms. The molecular weight excluding hydrogens is 266 g/mol. The molecule has 3 rings (SSSR count). The van der Waals surface area contributed by atoms with Gasteiger partial charge in [-0.15, -0.1) is 0 Å². The van der Waals surface area contributed by atoms with Crippen LogP contribution in [-0.2, 0) is 0 Å². The van der Waals surface area contributed by atoms with Crippen LogP contribution in [0.2, 0.25) is 0 Å². The molecule has 1 amide bonds. The van der Waals surface area contributed by atoms with E-state index in [-0.39, 0.29) is 12.0 Å². The first kappa shape index (κ1) is 13.5. The molecule has 3 heterocycles. The van der Waals surface area contributed by atoms with Crippen LogP contribution < -0.4 is 4.74 Å². The number of hydrogen-bond acceptors (Lipinski definition) is 4. The van der Waals surface area contributed by atoms with Crippen molar-refractivity contribution in [3.63, 3.8) is 0 Å². The SMILES string of the molecule is Cc1cccc(O[C@H]2CCN(C(=O)c3ccncc3)C2)n1. The molecule has 0 saturated carbocycles. The van der Waals surface area contributed by atoms with E-state index in [9.17, 15) is 4.79 Å². The summed E-state index contributed by atoms with van der Waals surface area (Å²) in [6.07, 6.45) is 4.10. The van der Waals surface area contributed by atoms with Crippen LogP contribution >= 0.6 is 0 Å². The van der Waals surface area contributed by atoms with Crippen molar-refractivity contribution in [2.45, 2.75) is 19.4 Å². The number of nitrogens with zero attached hydrogens (tertiary/aromatic N) is 3. The maximum atomic E-state index is 12.3. The van der Waals surface area contributed by atoms with Crippen molar-refractivity contribution in [1.29, 1.82) is 0 Å². The van der Waals surface area contributed by atoms with Crippen LogP contribution in [0.15, 0.2) is 42.7 Å². The van der Waals surface area contributed by atoms with Gasteiger partial charge in [0.1, 0.15) is 6.10 Å². The molecule has 1 saturated heterocycles. The second kappa shape index (κ2) is 5.91. The molecule has 0 aliphatic carbocycles. The highest BCUT2D eigenvalue weighted by molar-refractivity contribution is 5.94. The number of carbonyl (C=O) groups is 1. The fourth-order valence-electron chi connectivity index (χ4n) is 2.44. The van der Waals surface area contributed by atoms with Crippen LogP contribution in [-0.4, -0.2) is 40.0 Å². The normalized spacial score (nSPS) is 17.8. The van der Waals surface area contributed by atoms with E-state index in [2.05, 4.69) is 9.97 Å². The van der Waals surface area contributed by atoms with Crippen LogP contribution in [0.5, 0.6) is 5.88 Å². The summed E-state index contributed by atoms with van der Waals surface area (Å²) in [5.74, 6) is 0.652. The van der Waals surface area contributed by atoms with Crippen molar-refractivity contribution in [3.05, 3.63) is 54.0 Å². The summed E-state index contributed by atoms with van der Waals surface area (Å²) < 4.78 is 5.86. The Balaban J connectivity index is 1.62. The lowest BCUT2D eigenvalue weighted by atomic mass is 10.2. The molecule has 1 atom stereocenters. The molecule has 0 N–H and O–H groups in total. The fourth-order valence-corrected chi connectivity index (χ4v) is 2.44. The second-order valence-corrected chi connectivity index (χ2v) is 5.13. The summed E-state index contributed by atoms with van der Waals surface area (Å²) in [5.41, 5.74) is 1.59. The average molecular weight is 283 g/mol. The third-order valence-corrected chi connectivity index (χ3v) is 3.51. The monoisotopic (exact) mass is 283 g/mol. The van der Waals surface area contributed by atoms with Gasteiger partial charge in [-0.25, -0.2) is 4.98 Å². The molecule has 2 aromatic rings. The van der Waals surface area contributed by atoms with Gasteiger partial charge in [0, 0.05) is 42.7 Å². The zero-order valence-electron chi connectivity index (χ0n) is 11.9. The van der Waals surface area contributed by atoms with Crippen molar-refractivity contribution in [2.75, 3.05) is 13.1 Å². The number of pyridine rings is 2. The van der Waals surface area contributed by atoms with Crippen molar-refractivity contribution >= 4 is 5.91 Å². The Hall–Kier alpha value is -2.43. The van der Waals surface area contributed by atoms with Gasteiger partial charge in [-0.3, -0.25) is 9.78 Å². The van der Waals surface area contributed by atoms with Gasteiger partial charge in [-0.2, -0.15) is 0 Å². The highest BCUT2D eigenvalue weighted by Crippen LogP contribution is 2.18. The zero-order chi connectivity index (χ0) is 14.7. The van der Waals surface area contributed by atoms with Crippen LogP contribution in [0.3, 0.4) is 0 Å². The molecule has 108 valence electrons. The number of aromatic nitrogens is 2. The third-order valence-electron chi connectivity index (χ3n) is 3.51. The van der Waals surface area contributed by atoms with E-state index in [1.165, 1.54) is 0 Å². The van der Waals surface area contributed by atoms with Gasteiger partial charge >= 0.3 is 0 Å². The minimum atomic E-state index is 0.00471. The summed E-state index contributed by atoms with van der Waals surface area (Å²) in [6.45, 7) is 3.23. The summed E-state index contributed by atoms with van der Waals surface area (Å²) >= 11 is 0. The van der Waals surface area contributed by atoms with E-state index < -0.39 is 0 Å². The smallest absolute Gasteiger partial charge is 0.254 e. The van der Waals surface area contributed by atoms with Gasteiger partial charge in [0.25, 0.3) is 5.91 Å². The standard InChI is InChI=1S/C16H17N3O2/c1-12-3-2-4-15(18-12)21-14-7-10-19(11-14)16(20)13-5-8-17-9-6-13/h2-6,8-9,14H,7,10-11H2,1H3/t14-/m0/s1. The topological polar surface area (TPSA) is 55.3 Å². The molecule has 0 spiro atoms. The molecule has 1 fully saturated rings. The first-order valence-electron chi connectivity index (χ1n) is 7.02. The van der Waals surface area contributed by atoms with E-state index in [0.717, 1.165) is 12.1 Å². The van der Waals surface area contributed by atoms with Gasteiger partial charge in [0.2, 0.25) is 5.88 Å². The number of aryl methyl sites for hydroxylation is 1. The molecule has 1 aliphatic rings. The Morgan fingerprint density at radius 2 is 2.10 bits per heavy atom. The van der Waals surface area contributed by atoms with Gasteiger partial charge in [-0.1, -0.05) is 6.07 Å². The van der Waals surface area contributed by atoms with E-state index in [1.807, 2.05) is 30.0 Å². The lowest BCUT2D eigenvalue weighted by Gasteiger charge is -2.17. The lowest BCUT2D eigenvalue weighted by Crippen LogP contribution is -2.31. The van der Waals surface area contributed by atoms with E-state index in [4.69, 9.17) is 4.74 Å². The number of likely N-dealkylation sites (tertiary alicyclic amines) is 1. The van der Waals surface area contributed by atoms with E-state index in [1.54, 1.807) is 24.5 Å². The van der Waals surface area contributed by atoms with Crippen molar-refractivity contribution in [3.8, 4) is 5.88 Å². The molecule has 0 aromatic carbocycles. The number of carbonyl (C=O) groups excluding carboxylic acids is 1. The van der Waals surface area contributed by atoms with Crippen LogP contribution in [0, 0.1) is 6.92 Å². The third kappa shape index (κ3) is 3.18. The molecule has 5 heteroatoms. The summed E-state index contributed by atoms with van der Waals surface area (Å²) in [5, 5.41) is 0. The second-order valence-electron chi connectivity index (χ2n) is 5.13. The predicted octanol–water partition coefficient (Wildman–Crippen LogP) is 2.08. The van der Waals surface area contributed by atoms with E-state index in [0.29, 0.717) is 24.5 Å². The number of hydrogen-bond donors (Lipinski definition) is 0. The van der Waals surface area contributed by atoms with Gasteiger partial charge < -0.3 is 9.64 Å². The maximum Gasteiger partial charge on any atom is 0.254 e. The van der Waals surface area contributed by atoms with Crippen LogP contribution in [0.4, 0.5) is 0 Å². The van der Waals surface area contributed by atoms with E-state index >= 15 is 0 Å². The average Bonchev–Trinajstić information content (AvgIpc) is 2.96. The quantitative estimate of drug-likeness (QED) is 0.865. The number of amides is 1. The Labute approximate surface area is 123 Å². The van der Waals surface area contributed by atoms with Crippen LogP contribution in [0.1, 0.15) is 22.5 Å². The Bertz CT molecular complexity index is 630. The number of ether oxygens (including phenoxy) is 1. The Morgan fingerprint density at radius 1 is 1.29 bits per heavy atom. The summed E-state index contributed by atoms with van der Waals surface area (Å²) in [7, 11) is 0. The lowest BCUT2D eigenvalue weighted by molar-refractivity contribution is 0.0771. The molecule has 0 radical (unpaired) electrons. The van der Waals surface area contributed by atoms with Crippen LogP contribution in [0.25, 0.3) is 0 Å². The molecule has 0 unspecified atom stereocenters. The summed E-state index contributed by atoms with van der Waals surface area (Å²) in [4.78, 5) is 22.4. The van der Waals surface area contributed by atoms with Crippen molar-refractivity contribution in [2.24, 2.45) is 0 Å². The van der Waals surface area contributed by atoms with Gasteiger partial charge in [0.15, 0.2) is 0 Å². The first-order valence-corrected chi connectivity index (χ1v) is 7.02. The molecule has 5 nitrogen and oxygen atoms in total. The fraction of sp³-hybridized carbons (Fsp3) is 0.312. The molecule has 1 aliphatic heterocycles. The zero-order valence-corrected chi connectivity index (χ0v) is 11.9. The largest absolute Gasteiger partial charge is 0.472 e. The molecular formula is C16H17N3O2. The highest BCUT2D eigenvalue weighted by atomic mass is 16.5. The van der Waals surface area contributed by atoms with Crippen molar-refractivity contribution < 1.29 is 9.53 Å². The summed E-state index contributed by atoms with van der Waals surface area (Å²) in [6, 6.07) is 9.17. The minimum absolute atomic E-state index is 0.00471. The number of rotatable bonds is 3. The Kier molecular flexibility index (Phi) is 3.81. The first-order chi connectivity index (χ1) is 10.2. The molecule has 21 heavy (non-hydrogen) atoms. The Morgan fingerprint density at radius 3 is 2.86 bits per heavy atom. The van der Waals surface area contributed by atoms with Gasteiger partial charge in [-0.05, 0) is 25.1 Å². The highest BCUT2D eigenvalue weighted by Gasteiger charge is 2.28. The predicted molar refractivity (Wildman–Crippen MR) is 78.1 cm³/mol. The molecule has 2 aromatic heterocycles. The van der Waals surface area contributed by atoms with Crippen molar-refractivity contribution in [1.82, 2.24) is 14.9 Å². The maximum absolute atomic E-state index is 12.3. The van der Waals surface area contributed by atoms with Gasteiger partial charge in [0.05, 0.1) is 6.54 Å². The minimum Gasteiger partial charge on any atom is -0.472 e.